The maximum atomic E-state index is 13.3. The van der Waals surface area contributed by atoms with Crippen LogP contribution in [0.15, 0.2) is 77.0 Å². The van der Waals surface area contributed by atoms with Crippen LogP contribution < -0.4 is 0 Å². The molecule has 0 aliphatic carbocycles. The molecular weight excluding hydrogens is 396 g/mol. The number of benzene rings is 2. The van der Waals surface area contributed by atoms with Crippen molar-refractivity contribution in [2.75, 3.05) is 0 Å². The van der Waals surface area contributed by atoms with Gasteiger partial charge in [-0.2, -0.15) is 4.31 Å². The smallest absolute Gasteiger partial charge is 0.258 e. The normalized spacial score (nSPS) is 12.8. The highest BCUT2D eigenvalue weighted by molar-refractivity contribution is 7.89. The largest absolute Gasteiger partial charge is 0.269 e. The zero-order chi connectivity index (χ0) is 20.1. The van der Waals surface area contributed by atoms with Crippen LogP contribution in [0.1, 0.15) is 17.4 Å². The molecular formula is C20H20N2O4S2. The Bertz CT molecular complexity index is 1020. The summed E-state index contributed by atoms with van der Waals surface area (Å²) in [4.78, 5) is 11.5. The summed E-state index contributed by atoms with van der Waals surface area (Å²) in [7, 11) is -3.83. The van der Waals surface area contributed by atoms with Gasteiger partial charge in [0.15, 0.2) is 0 Å². The Morgan fingerprint density at radius 2 is 1.71 bits per heavy atom. The third kappa shape index (κ3) is 4.64. The van der Waals surface area contributed by atoms with E-state index in [9.17, 15) is 18.5 Å². The topological polar surface area (TPSA) is 80.5 Å². The van der Waals surface area contributed by atoms with Gasteiger partial charge in [0.25, 0.3) is 5.69 Å². The van der Waals surface area contributed by atoms with Gasteiger partial charge in [-0.3, -0.25) is 10.1 Å². The summed E-state index contributed by atoms with van der Waals surface area (Å²) < 4.78 is 28.2. The second-order valence-corrected chi connectivity index (χ2v) is 9.34. The summed E-state index contributed by atoms with van der Waals surface area (Å²) in [6, 6.07) is 18.1. The summed E-state index contributed by atoms with van der Waals surface area (Å²) in [5, 5.41) is 12.8. The molecule has 6 nitrogen and oxygen atoms in total. The van der Waals surface area contributed by atoms with E-state index in [0.29, 0.717) is 6.42 Å². The Kier molecular flexibility index (Phi) is 6.23. The molecule has 0 bridgehead atoms. The van der Waals surface area contributed by atoms with Gasteiger partial charge in [-0.25, -0.2) is 8.42 Å². The van der Waals surface area contributed by atoms with Crippen molar-refractivity contribution in [2.24, 2.45) is 0 Å². The van der Waals surface area contributed by atoms with Crippen LogP contribution in [0.5, 0.6) is 0 Å². The SMILES string of the molecule is CC(Cc1cccs1)N(Cc1ccccc1)S(=O)(=O)c1ccc([N+](=O)[O-])cc1. The molecule has 28 heavy (non-hydrogen) atoms. The van der Waals surface area contributed by atoms with E-state index < -0.39 is 14.9 Å². The highest BCUT2D eigenvalue weighted by atomic mass is 32.2. The van der Waals surface area contributed by atoms with Gasteiger partial charge in [-0.05, 0) is 42.5 Å². The van der Waals surface area contributed by atoms with E-state index in [-0.39, 0.29) is 23.2 Å². The zero-order valence-corrected chi connectivity index (χ0v) is 16.9. The molecule has 0 saturated carbocycles. The van der Waals surface area contributed by atoms with E-state index in [1.165, 1.54) is 28.6 Å². The summed E-state index contributed by atoms with van der Waals surface area (Å²) in [5.74, 6) is 0. The molecule has 1 atom stereocenters. The van der Waals surface area contributed by atoms with Crippen molar-refractivity contribution < 1.29 is 13.3 Å². The third-order valence-corrected chi connectivity index (χ3v) is 7.28. The Hall–Kier alpha value is -2.55. The van der Waals surface area contributed by atoms with Crippen LogP contribution in [0.4, 0.5) is 5.69 Å². The van der Waals surface area contributed by atoms with Crippen LogP contribution in [-0.2, 0) is 23.0 Å². The van der Waals surface area contributed by atoms with Crippen LogP contribution in [0.25, 0.3) is 0 Å². The molecule has 146 valence electrons. The summed E-state index contributed by atoms with van der Waals surface area (Å²) in [6.07, 6.45) is 0.594. The maximum Gasteiger partial charge on any atom is 0.269 e. The lowest BCUT2D eigenvalue weighted by atomic mass is 10.1. The number of hydrogen-bond acceptors (Lipinski definition) is 5. The minimum Gasteiger partial charge on any atom is -0.258 e. The molecule has 0 amide bonds. The first-order valence-corrected chi connectivity index (χ1v) is 11.0. The number of nitro groups is 1. The van der Waals surface area contributed by atoms with Gasteiger partial charge in [0, 0.05) is 29.6 Å². The number of nitrogens with zero attached hydrogens (tertiary/aromatic N) is 2. The van der Waals surface area contributed by atoms with Crippen molar-refractivity contribution in [1.29, 1.82) is 0 Å². The van der Waals surface area contributed by atoms with Gasteiger partial charge in [0.05, 0.1) is 9.82 Å². The molecule has 0 spiro atoms. The van der Waals surface area contributed by atoms with E-state index in [1.54, 1.807) is 11.3 Å². The van der Waals surface area contributed by atoms with Crippen LogP contribution >= 0.6 is 11.3 Å². The molecule has 0 fully saturated rings. The fraction of sp³-hybridized carbons (Fsp3) is 0.200. The fourth-order valence-electron chi connectivity index (χ4n) is 2.94. The Labute approximate surface area is 168 Å². The average molecular weight is 417 g/mol. The minimum absolute atomic E-state index is 0.0482. The number of non-ortho nitro benzene ring substituents is 1. The quantitative estimate of drug-likeness (QED) is 0.401. The first kappa shape index (κ1) is 20.2. The van der Waals surface area contributed by atoms with Crippen LogP contribution in [-0.4, -0.2) is 23.7 Å². The van der Waals surface area contributed by atoms with Gasteiger partial charge in [0.1, 0.15) is 0 Å². The maximum absolute atomic E-state index is 13.3. The molecule has 1 aromatic heterocycles. The standard InChI is InChI=1S/C20H20N2O4S2/c1-16(14-19-8-5-13-27-19)21(15-17-6-3-2-4-7-17)28(25,26)20-11-9-18(10-12-20)22(23)24/h2-13,16H,14-15H2,1H3. The van der Waals surface area contributed by atoms with E-state index in [0.717, 1.165) is 10.4 Å². The van der Waals surface area contributed by atoms with Crippen LogP contribution in [0, 0.1) is 10.1 Å². The van der Waals surface area contributed by atoms with E-state index in [4.69, 9.17) is 0 Å². The lowest BCUT2D eigenvalue weighted by molar-refractivity contribution is -0.384. The molecule has 0 N–H and O–H groups in total. The number of nitro benzene ring substituents is 1. The highest BCUT2D eigenvalue weighted by Gasteiger charge is 2.30. The monoisotopic (exact) mass is 416 g/mol. The lowest BCUT2D eigenvalue weighted by Gasteiger charge is -2.28. The Morgan fingerprint density at radius 3 is 2.29 bits per heavy atom. The molecule has 0 aliphatic heterocycles. The molecule has 0 saturated heterocycles. The molecule has 3 rings (SSSR count). The second-order valence-electron chi connectivity index (χ2n) is 6.42. The predicted octanol–water partition coefficient (Wildman–Crippen LogP) is 4.48. The molecule has 0 radical (unpaired) electrons. The fourth-order valence-corrected chi connectivity index (χ4v) is 5.38. The summed E-state index contributed by atoms with van der Waals surface area (Å²) >= 11 is 1.59. The van der Waals surface area contributed by atoms with Gasteiger partial charge >= 0.3 is 0 Å². The number of rotatable bonds is 8. The molecule has 8 heteroatoms. The van der Waals surface area contributed by atoms with Crippen LogP contribution in [0.3, 0.4) is 0 Å². The zero-order valence-electron chi connectivity index (χ0n) is 15.3. The van der Waals surface area contributed by atoms with Gasteiger partial charge in [0.2, 0.25) is 10.0 Å². The second kappa shape index (κ2) is 8.64. The molecule has 1 heterocycles. The summed E-state index contributed by atoms with van der Waals surface area (Å²) in [5.41, 5.74) is 0.742. The van der Waals surface area contributed by atoms with Gasteiger partial charge in [-0.15, -0.1) is 11.3 Å². The van der Waals surface area contributed by atoms with Crippen LogP contribution in [0.2, 0.25) is 0 Å². The lowest BCUT2D eigenvalue weighted by Crippen LogP contribution is -2.39. The first-order chi connectivity index (χ1) is 13.4. The third-order valence-electron chi connectivity index (χ3n) is 4.40. The Balaban J connectivity index is 1.94. The van der Waals surface area contributed by atoms with E-state index in [1.807, 2.05) is 54.8 Å². The van der Waals surface area contributed by atoms with Gasteiger partial charge < -0.3 is 0 Å². The number of sulfonamides is 1. The minimum atomic E-state index is -3.83. The van der Waals surface area contributed by atoms with Crippen molar-refractivity contribution in [3.05, 3.63) is 92.7 Å². The molecule has 0 aliphatic rings. The van der Waals surface area contributed by atoms with Crippen molar-refractivity contribution in [2.45, 2.75) is 30.8 Å². The highest BCUT2D eigenvalue weighted by Crippen LogP contribution is 2.25. The van der Waals surface area contributed by atoms with E-state index in [2.05, 4.69) is 0 Å². The Morgan fingerprint density at radius 1 is 1.04 bits per heavy atom. The summed E-state index contributed by atoms with van der Waals surface area (Å²) in [6.45, 7) is 2.11. The molecule has 1 unspecified atom stereocenters. The van der Waals surface area contributed by atoms with Crippen molar-refractivity contribution in [3.8, 4) is 0 Å². The number of thiophene rings is 1. The predicted molar refractivity (Wildman–Crippen MR) is 110 cm³/mol. The molecule has 3 aromatic rings. The van der Waals surface area contributed by atoms with Crippen molar-refractivity contribution >= 4 is 27.0 Å². The first-order valence-electron chi connectivity index (χ1n) is 8.70. The van der Waals surface area contributed by atoms with Crippen molar-refractivity contribution in [1.82, 2.24) is 4.31 Å². The van der Waals surface area contributed by atoms with E-state index >= 15 is 0 Å². The van der Waals surface area contributed by atoms with Crippen molar-refractivity contribution in [3.63, 3.8) is 0 Å². The van der Waals surface area contributed by atoms with Gasteiger partial charge in [-0.1, -0.05) is 36.4 Å². The molecule has 2 aromatic carbocycles. The number of hydrogen-bond donors (Lipinski definition) is 0. The average Bonchev–Trinajstić information content (AvgIpc) is 3.19.